The predicted molar refractivity (Wildman–Crippen MR) is 103 cm³/mol. The molecule has 0 aliphatic rings. The molecule has 0 amide bonds. The molecule has 1 atom stereocenters. The molecule has 0 fully saturated rings. The Labute approximate surface area is 161 Å². The van der Waals surface area contributed by atoms with Gasteiger partial charge in [0.1, 0.15) is 4.60 Å². The van der Waals surface area contributed by atoms with Gasteiger partial charge in [0.2, 0.25) is 0 Å². The SMILES string of the molecule is CCOC(=O)c1ncc2c(c1O)c(Br)c(Br)n2C(C)c1ccccc1. The second-order valence-corrected chi connectivity index (χ2v) is 7.04. The standard InChI is InChI=1S/C18H16Br2N2O3/c1-3-25-18(24)15-16(23)13-12(9-21-15)22(17(20)14(13)19)10(2)11-7-5-4-6-8-11/h4-10,23H,3H2,1-2H3. The molecule has 2 aromatic heterocycles. The summed E-state index contributed by atoms with van der Waals surface area (Å²) in [6.07, 6.45) is 1.58. The van der Waals surface area contributed by atoms with Crippen LogP contribution in [0.4, 0.5) is 0 Å². The summed E-state index contributed by atoms with van der Waals surface area (Å²) in [7, 11) is 0. The molecule has 1 aromatic carbocycles. The number of nitrogens with zero attached hydrogens (tertiary/aromatic N) is 2. The van der Waals surface area contributed by atoms with Crippen LogP contribution >= 0.6 is 31.9 Å². The molecule has 0 aliphatic carbocycles. The highest BCUT2D eigenvalue weighted by atomic mass is 79.9. The van der Waals surface area contributed by atoms with Crippen molar-refractivity contribution in [2.24, 2.45) is 0 Å². The summed E-state index contributed by atoms with van der Waals surface area (Å²) < 4.78 is 8.39. The molecule has 0 spiro atoms. The van der Waals surface area contributed by atoms with Gasteiger partial charge in [0.15, 0.2) is 11.4 Å². The van der Waals surface area contributed by atoms with Crippen LogP contribution in [0.5, 0.6) is 5.75 Å². The van der Waals surface area contributed by atoms with Gasteiger partial charge in [0.25, 0.3) is 0 Å². The highest BCUT2D eigenvalue weighted by molar-refractivity contribution is 9.13. The van der Waals surface area contributed by atoms with Crippen LogP contribution in [-0.4, -0.2) is 27.2 Å². The number of pyridine rings is 1. The van der Waals surface area contributed by atoms with E-state index in [1.807, 2.05) is 34.9 Å². The minimum Gasteiger partial charge on any atom is -0.505 e. The van der Waals surface area contributed by atoms with Gasteiger partial charge >= 0.3 is 5.97 Å². The lowest BCUT2D eigenvalue weighted by molar-refractivity contribution is 0.0516. The van der Waals surface area contributed by atoms with E-state index >= 15 is 0 Å². The van der Waals surface area contributed by atoms with Crippen LogP contribution in [0.25, 0.3) is 10.9 Å². The molecule has 1 unspecified atom stereocenters. The van der Waals surface area contributed by atoms with Crippen LogP contribution < -0.4 is 0 Å². The molecule has 1 N–H and O–H groups in total. The lowest BCUT2D eigenvalue weighted by Crippen LogP contribution is -2.09. The number of esters is 1. The Morgan fingerprint density at radius 3 is 2.64 bits per heavy atom. The summed E-state index contributed by atoms with van der Waals surface area (Å²) >= 11 is 7.09. The molecule has 3 rings (SSSR count). The molecule has 5 nitrogen and oxygen atoms in total. The summed E-state index contributed by atoms with van der Waals surface area (Å²) in [6, 6.07) is 10.0. The molecule has 3 aromatic rings. The zero-order chi connectivity index (χ0) is 18.1. The van der Waals surface area contributed by atoms with Crippen LogP contribution in [0, 0.1) is 0 Å². The molecule has 0 radical (unpaired) electrons. The zero-order valence-electron chi connectivity index (χ0n) is 13.7. The van der Waals surface area contributed by atoms with E-state index in [2.05, 4.69) is 43.8 Å². The Morgan fingerprint density at radius 1 is 1.32 bits per heavy atom. The van der Waals surface area contributed by atoms with Crippen molar-refractivity contribution in [1.82, 2.24) is 9.55 Å². The number of carbonyl (C=O) groups excluding carboxylic acids is 1. The van der Waals surface area contributed by atoms with Gasteiger partial charge in [-0.25, -0.2) is 9.78 Å². The molecule has 130 valence electrons. The second kappa shape index (κ2) is 7.17. The molecule has 25 heavy (non-hydrogen) atoms. The average Bonchev–Trinajstić information content (AvgIpc) is 2.87. The van der Waals surface area contributed by atoms with Gasteiger partial charge < -0.3 is 14.4 Å². The van der Waals surface area contributed by atoms with E-state index in [1.165, 1.54) is 0 Å². The van der Waals surface area contributed by atoms with Crippen molar-refractivity contribution in [3.05, 3.63) is 56.9 Å². The Balaban J connectivity index is 2.21. The fourth-order valence-corrected chi connectivity index (χ4v) is 4.09. The largest absolute Gasteiger partial charge is 0.505 e. The van der Waals surface area contributed by atoms with Gasteiger partial charge in [-0.2, -0.15) is 0 Å². The van der Waals surface area contributed by atoms with E-state index in [-0.39, 0.29) is 24.1 Å². The minimum absolute atomic E-state index is 0.000909. The second-order valence-electron chi connectivity index (χ2n) is 5.50. The van der Waals surface area contributed by atoms with Crippen LogP contribution in [-0.2, 0) is 4.74 Å². The molecule has 7 heteroatoms. The van der Waals surface area contributed by atoms with Gasteiger partial charge in [-0.1, -0.05) is 30.3 Å². The van der Waals surface area contributed by atoms with Crippen LogP contribution in [0.15, 0.2) is 45.6 Å². The van der Waals surface area contributed by atoms with Crippen molar-refractivity contribution in [3.8, 4) is 5.75 Å². The molecule has 0 saturated heterocycles. The first-order valence-corrected chi connectivity index (χ1v) is 9.34. The fourth-order valence-electron chi connectivity index (χ4n) is 2.81. The number of benzene rings is 1. The van der Waals surface area contributed by atoms with Crippen LogP contribution in [0.1, 0.15) is 35.9 Å². The number of aromatic hydroxyl groups is 1. The van der Waals surface area contributed by atoms with E-state index < -0.39 is 5.97 Å². The Hall–Kier alpha value is -1.86. The summed E-state index contributed by atoms with van der Waals surface area (Å²) in [5.74, 6) is -0.837. The highest BCUT2D eigenvalue weighted by Gasteiger charge is 2.25. The lowest BCUT2D eigenvalue weighted by Gasteiger charge is -2.17. The third-order valence-corrected chi connectivity index (χ3v) is 6.13. The van der Waals surface area contributed by atoms with Crippen molar-refractivity contribution in [1.29, 1.82) is 0 Å². The van der Waals surface area contributed by atoms with Crippen molar-refractivity contribution in [3.63, 3.8) is 0 Å². The summed E-state index contributed by atoms with van der Waals surface area (Å²) in [5, 5.41) is 11.1. The van der Waals surface area contributed by atoms with Gasteiger partial charge in [0.05, 0.1) is 34.2 Å². The van der Waals surface area contributed by atoms with Crippen LogP contribution in [0.2, 0.25) is 0 Å². The van der Waals surface area contributed by atoms with Gasteiger partial charge in [0, 0.05) is 0 Å². The maximum absolute atomic E-state index is 12.0. The summed E-state index contributed by atoms with van der Waals surface area (Å²) in [6.45, 7) is 3.98. The monoisotopic (exact) mass is 466 g/mol. The Morgan fingerprint density at radius 2 is 2.00 bits per heavy atom. The average molecular weight is 468 g/mol. The minimum atomic E-state index is -0.645. The number of carbonyl (C=O) groups is 1. The third-order valence-electron chi connectivity index (χ3n) is 4.04. The van der Waals surface area contributed by atoms with Crippen molar-refractivity contribution in [2.45, 2.75) is 19.9 Å². The number of hydrogen-bond acceptors (Lipinski definition) is 4. The van der Waals surface area contributed by atoms with E-state index in [0.717, 1.165) is 10.2 Å². The number of aromatic nitrogens is 2. The fraction of sp³-hybridized carbons (Fsp3) is 0.222. The predicted octanol–water partition coefficient (Wildman–Crippen LogP) is 5.05. The first-order valence-electron chi connectivity index (χ1n) is 7.76. The third kappa shape index (κ3) is 3.06. The number of fused-ring (bicyclic) bond motifs is 1. The van der Waals surface area contributed by atoms with Crippen molar-refractivity contribution in [2.75, 3.05) is 6.61 Å². The van der Waals surface area contributed by atoms with E-state index in [1.54, 1.807) is 13.1 Å². The lowest BCUT2D eigenvalue weighted by atomic mass is 10.1. The van der Waals surface area contributed by atoms with E-state index in [9.17, 15) is 9.90 Å². The van der Waals surface area contributed by atoms with Crippen molar-refractivity contribution < 1.29 is 14.6 Å². The molecule has 0 bridgehead atoms. The maximum Gasteiger partial charge on any atom is 0.360 e. The molecule has 2 heterocycles. The van der Waals surface area contributed by atoms with Crippen LogP contribution in [0.3, 0.4) is 0 Å². The smallest absolute Gasteiger partial charge is 0.360 e. The highest BCUT2D eigenvalue weighted by Crippen LogP contribution is 2.43. The quantitative estimate of drug-likeness (QED) is 0.545. The zero-order valence-corrected chi connectivity index (χ0v) is 16.8. The topological polar surface area (TPSA) is 64.3 Å². The molecular weight excluding hydrogens is 452 g/mol. The van der Waals surface area contributed by atoms with E-state index in [0.29, 0.717) is 15.4 Å². The first-order chi connectivity index (χ1) is 12.0. The Bertz CT molecular complexity index is 939. The molecule has 0 saturated carbocycles. The molecular formula is C18H16Br2N2O3. The number of rotatable bonds is 4. The van der Waals surface area contributed by atoms with Gasteiger partial charge in [-0.05, 0) is 51.3 Å². The van der Waals surface area contributed by atoms with Crippen molar-refractivity contribution >= 4 is 48.7 Å². The normalized spacial score (nSPS) is 12.3. The number of halogens is 2. The maximum atomic E-state index is 12.0. The Kier molecular flexibility index (Phi) is 5.15. The van der Waals surface area contributed by atoms with Gasteiger partial charge in [-0.3, -0.25) is 0 Å². The van der Waals surface area contributed by atoms with Gasteiger partial charge in [-0.15, -0.1) is 0 Å². The first kappa shape index (κ1) is 17.9. The summed E-state index contributed by atoms with van der Waals surface area (Å²) in [5.41, 5.74) is 1.73. The number of ether oxygens (including phenoxy) is 1. The van der Waals surface area contributed by atoms with E-state index in [4.69, 9.17) is 4.74 Å². The molecule has 0 aliphatic heterocycles. The summed E-state index contributed by atoms with van der Waals surface area (Å²) in [4.78, 5) is 16.1. The number of hydrogen-bond donors (Lipinski definition) is 1.